The van der Waals surface area contributed by atoms with Gasteiger partial charge in [-0.3, -0.25) is 0 Å². The molecule has 0 amide bonds. The number of nitrogens with zero attached hydrogens (tertiary/aromatic N) is 5. The Kier molecular flexibility index (Phi) is 5.29. The first-order valence-electron chi connectivity index (χ1n) is 8.61. The van der Waals surface area contributed by atoms with Crippen molar-refractivity contribution in [3.8, 4) is 0 Å². The molecule has 9 heteroatoms. The summed E-state index contributed by atoms with van der Waals surface area (Å²) in [5.41, 5.74) is 1.22. The third-order valence-electron chi connectivity index (χ3n) is 4.84. The van der Waals surface area contributed by atoms with Gasteiger partial charge in [-0.2, -0.15) is 17.0 Å². The molecule has 7 nitrogen and oxygen atoms in total. The van der Waals surface area contributed by atoms with E-state index in [1.807, 2.05) is 13.8 Å². The minimum Gasteiger partial charge on any atom is -0.353 e. The molecule has 25 heavy (non-hydrogen) atoms. The molecule has 3 heterocycles. The van der Waals surface area contributed by atoms with E-state index in [4.69, 9.17) is 0 Å². The lowest BCUT2D eigenvalue weighted by Gasteiger charge is -2.37. The fraction of sp³-hybridized carbons (Fsp3) is 0.625. The molecule has 2 aromatic heterocycles. The lowest BCUT2D eigenvalue weighted by atomic mass is 10.2. The Morgan fingerprint density at radius 2 is 1.76 bits per heavy atom. The number of aryl methyl sites for hydroxylation is 2. The van der Waals surface area contributed by atoms with Gasteiger partial charge in [-0.15, -0.1) is 11.3 Å². The standard InChI is InChI=1S/C16H25N5O2S2/c1-5-20(6-2)25(22,23)21-9-7-19(8-10-21)15-14-12(3)13(4)24-16(14)18-11-17-15/h11H,5-10H2,1-4H3. The van der Waals surface area contributed by atoms with Crippen LogP contribution in [-0.4, -0.2) is 66.3 Å². The molecule has 0 spiro atoms. The van der Waals surface area contributed by atoms with E-state index in [-0.39, 0.29) is 0 Å². The zero-order chi connectivity index (χ0) is 18.2. The van der Waals surface area contributed by atoms with Crippen molar-refractivity contribution in [1.29, 1.82) is 0 Å². The van der Waals surface area contributed by atoms with Gasteiger partial charge in [0.15, 0.2) is 0 Å². The van der Waals surface area contributed by atoms with Crippen molar-refractivity contribution in [1.82, 2.24) is 18.6 Å². The molecular weight excluding hydrogens is 358 g/mol. The molecular formula is C16H25N5O2S2. The summed E-state index contributed by atoms with van der Waals surface area (Å²) in [6.45, 7) is 11.2. The van der Waals surface area contributed by atoms with Crippen molar-refractivity contribution in [2.45, 2.75) is 27.7 Å². The SMILES string of the molecule is CCN(CC)S(=O)(=O)N1CCN(c2ncnc3sc(C)c(C)c23)CC1. The van der Waals surface area contributed by atoms with E-state index < -0.39 is 10.2 Å². The van der Waals surface area contributed by atoms with Crippen molar-refractivity contribution in [2.75, 3.05) is 44.2 Å². The van der Waals surface area contributed by atoms with Gasteiger partial charge in [-0.25, -0.2) is 9.97 Å². The number of thiophene rings is 1. The molecule has 1 aliphatic rings. The first-order valence-corrected chi connectivity index (χ1v) is 10.8. The maximum absolute atomic E-state index is 12.7. The van der Waals surface area contributed by atoms with Gasteiger partial charge in [0.25, 0.3) is 10.2 Å². The molecule has 0 aromatic carbocycles. The molecule has 0 radical (unpaired) electrons. The van der Waals surface area contributed by atoms with E-state index in [1.54, 1.807) is 22.0 Å². The Morgan fingerprint density at radius 1 is 1.12 bits per heavy atom. The summed E-state index contributed by atoms with van der Waals surface area (Å²) in [6.07, 6.45) is 1.60. The quantitative estimate of drug-likeness (QED) is 0.790. The highest BCUT2D eigenvalue weighted by Crippen LogP contribution is 2.34. The normalized spacial score (nSPS) is 16.9. The zero-order valence-corrected chi connectivity index (χ0v) is 16.8. The highest BCUT2D eigenvalue weighted by molar-refractivity contribution is 7.86. The Morgan fingerprint density at radius 3 is 2.36 bits per heavy atom. The fourth-order valence-corrected chi connectivity index (χ4v) is 5.84. The molecule has 0 atom stereocenters. The van der Waals surface area contributed by atoms with Crippen LogP contribution in [0.15, 0.2) is 6.33 Å². The summed E-state index contributed by atoms with van der Waals surface area (Å²) in [5.74, 6) is 0.923. The van der Waals surface area contributed by atoms with Crippen molar-refractivity contribution < 1.29 is 8.42 Å². The van der Waals surface area contributed by atoms with E-state index in [2.05, 4.69) is 28.7 Å². The first kappa shape index (κ1) is 18.5. The van der Waals surface area contributed by atoms with E-state index in [1.165, 1.54) is 14.7 Å². The van der Waals surface area contributed by atoms with Crippen LogP contribution in [0.5, 0.6) is 0 Å². The highest BCUT2D eigenvalue weighted by Gasteiger charge is 2.31. The van der Waals surface area contributed by atoms with Crippen LogP contribution in [0.3, 0.4) is 0 Å². The lowest BCUT2D eigenvalue weighted by molar-refractivity contribution is 0.334. The van der Waals surface area contributed by atoms with Gasteiger partial charge in [0, 0.05) is 44.1 Å². The number of rotatable bonds is 5. The predicted molar refractivity (Wildman–Crippen MR) is 103 cm³/mol. The zero-order valence-electron chi connectivity index (χ0n) is 15.2. The van der Waals surface area contributed by atoms with Gasteiger partial charge in [-0.05, 0) is 19.4 Å². The summed E-state index contributed by atoms with van der Waals surface area (Å²) in [4.78, 5) is 13.3. The van der Waals surface area contributed by atoms with Crippen molar-refractivity contribution >= 4 is 37.6 Å². The molecule has 1 aliphatic heterocycles. The second-order valence-corrected chi connectivity index (χ2v) is 9.27. The maximum Gasteiger partial charge on any atom is 0.282 e. The van der Waals surface area contributed by atoms with E-state index in [0.29, 0.717) is 39.3 Å². The highest BCUT2D eigenvalue weighted by atomic mass is 32.2. The Balaban J connectivity index is 1.82. The Hall–Kier alpha value is -1.29. The molecule has 1 saturated heterocycles. The first-order chi connectivity index (χ1) is 11.9. The van der Waals surface area contributed by atoms with E-state index in [0.717, 1.165) is 16.0 Å². The van der Waals surface area contributed by atoms with Gasteiger partial charge in [0.1, 0.15) is 17.0 Å². The van der Waals surface area contributed by atoms with E-state index >= 15 is 0 Å². The molecule has 2 aromatic rings. The summed E-state index contributed by atoms with van der Waals surface area (Å²) in [5, 5.41) is 1.10. The maximum atomic E-state index is 12.7. The van der Waals surface area contributed by atoms with Crippen molar-refractivity contribution in [3.63, 3.8) is 0 Å². The van der Waals surface area contributed by atoms with E-state index in [9.17, 15) is 8.42 Å². The summed E-state index contributed by atoms with van der Waals surface area (Å²) < 4.78 is 28.4. The smallest absolute Gasteiger partial charge is 0.282 e. The van der Waals surface area contributed by atoms with Crippen LogP contribution in [0, 0.1) is 13.8 Å². The number of piperazine rings is 1. The van der Waals surface area contributed by atoms with Crippen LogP contribution in [-0.2, 0) is 10.2 Å². The predicted octanol–water partition coefficient (Wildman–Crippen LogP) is 2.02. The fourth-order valence-electron chi connectivity index (χ4n) is 3.25. The minimum absolute atomic E-state index is 0.479. The largest absolute Gasteiger partial charge is 0.353 e. The minimum atomic E-state index is -3.37. The summed E-state index contributed by atoms with van der Waals surface area (Å²) >= 11 is 1.68. The lowest BCUT2D eigenvalue weighted by Crippen LogP contribution is -2.53. The average Bonchev–Trinajstić information content (AvgIpc) is 2.90. The summed E-state index contributed by atoms with van der Waals surface area (Å²) in [6, 6.07) is 0. The summed E-state index contributed by atoms with van der Waals surface area (Å²) in [7, 11) is -3.37. The molecule has 0 unspecified atom stereocenters. The topological polar surface area (TPSA) is 69.6 Å². The molecule has 0 bridgehead atoms. The molecule has 1 fully saturated rings. The van der Waals surface area contributed by atoms with Crippen LogP contribution >= 0.6 is 11.3 Å². The Labute approximate surface area is 153 Å². The van der Waals surface area contributed by atoms with Gasteiger partial charge in [0.05, 0.1) is 5.39 Å². The van der Waals surface area contributed by atoms with Gasteiger partial charge >= 0.3 is 0 Å². The van der Waals surface area contributed by atoms with Gasteiger partial charge in [-0.1, -0.05) is 13.8 Å². The number of hydrogen-bond acceptors (Lipinski definition) is 6. The number of fused-ring (bicyclic) bond motifs is 1. The molecule has 138 valence electrons. The number of aromatic nitrogens is 2. The molecule has 0 saturated carbocycles. The monoisotopic (exact) mass is 383 g/mol. The van der Waals surface area contributed by atoms with Crippen LogP contribution < -0.4 is 4.90 Å². The Bertz CT molecular complexity index is 853. The second-order valence-electron chi connectivity index (χ2n) is 6.14. The molecule has 3 rings (SSSR count). The molecule has 0 aliphatic carbocycles. The third kappa shape index (κ3) is 3.25. The van der Waals surface area contributed by atoms with Crippen molar-refractivity contribution in [3.05, 3.63) is 16.8 Å². The average molecular weight is 384 g/mol. The second kappa shape index (κ2) is 7.14. The number of hydrogen-bond donors (Lipinski definition) is 0. The van der Waals surface area contributed by atoms with Crippen LogP contribution in [0.25, 0.3) is 10.2 Å². The van der Waals surface area contributed by atoms with Crippen molar-refractivity contribution in [2.24, 2.45) is 0 Å². The van der Waals surface area contributed by atoms with Crippen LogP contribution in [0.4, 0.5) is 5.82 Å². The molecule has 0 N–H and O–H groups in total. The van der Waals surface area contributed by atoms with Gasteiger partial charge < -0.3 is 4.90 Å². The van der Waals surface area contributed by atoms with Crippen LogP contribution in [0.1, 0.15) is 24.3 Å². The van der Waals surface area contributed by atoms with Crippen LogP contribution in [0.2, 0.25) is 0 Å². The third-order valence-corrected chi connectivity index (χ3v) is 8.14. The number of anilines is 1. The van der Waals surface area contributed by atoms with Gasteiger partial charge in [0.2, 0.25) is 0 Å².